The van der Waals surface area contributed by atoms with Crippen molar-refractivity contribution in [3.05, 3.63) is 53.6 Å². The molecule has 1 unspecified atom stereocenters. The molecule has 1 aliphatic heterocycles. The van der Waals surface area contributed by atoms with Gasteiger partial charge in [0.2, 0.25) is 0 Å². The summed E-state index contributed by atoms with van der Waals surface area (Å²) >= 11 is 4.98. The molecule has 1 saturated heterocycles. The molecule has 5 rings (SSSR count). The lowest BCUT2D eigenvalue weighted by Crippen LogP contribution is -2.33. The van der Waals surface area contributed by atoms with Crippen LogP contribution in [0.1, 0.15) is 24.4 Å². The second-order valence-electron chi connectivity index (χ2n) is 8.00. The molecule has 6 nitrogen and oxygen atoms in total. The Balaban J connectivity index is 1.46. The number of halogens is 6. The fourth-order valence-corrected chi connectivity index (χ4v) is 4.19. The van der Waals surface area contributed by atoms with Gasteiger partial charge in [-0.3, -0.25) is 0 Å². The molecule has 3 heterocycles. The van der Waals surface area contributed by atoms with Crippen LogP contribution in [-0.4, -0.2) is 44.4 Å². The number of thiocarbonyl (C=S) groups is 1. The van der Waals surface area contributed by atoms with Gasteiger partial charge in [0.25, 0.3) is 11.9 Å². The summed E-state index contributed by atoms with van der Waals surface area (Å²) in [5.41, 5.74) is -0.328. The van der Waals surface area contributed by atoms with Crippen LogP contribution in [0.15, 0.2) is 30.5 Å². The second kappa shape index (κ2) is 7.75. The number of nitrogens with zero attached hydrogens (tertiary/aromatic N) is 4. The van der Waals surface area contributed by atoms with Crippen LogP contribution in [0.3, 0.4) is 0 Å². The monoisotopic (exact) mass is 486 g/mol. The zero-order valence-corrected chi connectivity index (χ0v) is 17.5. The molecule has 2 aromatic heterocycles. The van der Waals surface area contributed by atoms with Crippen molar-refractivity contribution in [1.82, 2.24) is 19.9 Å². The quantitative estimate of drug-likeness (QED) is 0.427. The van der Waals surface area contributed by atoms with Crippen molar-refractivity contribution in [3.8, 4) is 0 Å². The average Bonchev–Trinajstić information content (AvgIpc) is 3.05. The molecule has 1 aliphatic carbocycles. The summed E-state index contributed by atoms with van der Waals surface area (Å²) in [5.74, 6) is -5.04. The second-order valence-corrected chi connectivity index (χ2v) is 8.41. The van der Waals surface area contributed by atoms with Crippen molar-refractivity contribution in [2.45, 2.75) is 37.0 Å². The molecule has 1 aromatic carbocycles. The van der Waals surface area contributed by atoms with Gasteiger partial charge in [0, 0.05) is 24.6 Å². The molecule has 3 aromatic rings. The van der Waals surface area contributed by atoms with Crippen LogP contribution in [0.5, 0.6) is 0 Å². The third kappa shape index (κ3) is 4.05. The van der Waals surface area contributed by atoms with E-state index in [9.17, 15) is 26.3 Å². The maximum Gasteiger partial charge on any atom is 0.270 e. The lowest BCUT2D eigenvalue weighted by Gasteiger charge is -2.26. The predicted octanol–water partition coefficient (Wildman–Crippen LogP) is 4.13. The molecule has 0 amide bonds. The summed E-state index contributed by atoms with van der Waals surface area (Å²) < 4.78 is 84.2. The van der Waals surface area contributed by atoms with E-state index in [2.05, 4.69) is 20.7 Å². The van der Waals surface area contributed by atoms with Gasteiger partial charge in [-0.1, -0.05) is 0 Å². The molecule has 13 heteroatoms. The Labute approximate surface area is 188 Å². The fourth-order valence-electron chi connectivity index (χ4n) is 3.94. The minimum atomic E-state index is -2.88. The molecular weight excluding hydrogens is 470 g/mol. The van der Waals surface area contributed by atoms with E-state index in [0.717, 1.165) is 22.7 Å². The van der Waals surface area contributed by atoms with Crippen molar-refractivity contribution in [1.29, 1.82) is 0 Å². The van der Waals surface area contributed by atoms with Gasteiger partial charge in [0.1, 0.15) is 29.3 Å². The van der Waals surface area contributed by atoms with E-state index < -0.39 is 41.8 Å². The molecule has 2 aliphatic rings. The number of alkyl halides is 3. The van der Waals surface area contributed by atoms with Crippen LogP contribution >= 0.6 is 12.2 Å². The minimum Gasteiger partial charge on any atom is -0.353 e. The zero-order chi connectivity index (χ0) is 23.5. The van der Waals surface area contributed by atoms with Crippen molar-refractivity contribution >= 4 is 34.5 Å². The van der Waals surface area contributed by atoms with Crippen molar-refractivity contribution in [3.63, 3.8) is 0 Å². The van der Waals surface area contributed by atoms with Crippen LogP contribution in [0, 0.1) is 17.6 Å². The van der Waals surface area contributed by atoms with Crippen LogP contribution in [-0.2, 0) is 0 Å². The molecule has 33 heavy (non-hydrogen) atoms. The molecule has 2 N–H and O–H groups in total. The zero-order valence-electron chi connectivity index (χ0n) is 16.7. The number of rotatable bonds is 4. The van der Waals surface area contributed by atoms with Crippen molar-refractivity contribution in [2.24, 2.45) is 0 Å². The number of aromatic nitrogens is 3. The van der Waals surface area contributed by atoms with Crippen LogP contribution in [0.2, 0.25) is 0 Å². The summed E-state index contributed by atoms with van der Waals surface area (Å²) in [6.45, 7) is -0.139. The van der Waals surface area contributed by atoms with E-state index in [0.29, 0.717) is 0 Å². The molecule has 0 spiro atoms. The van der Waals surface area contributed by atoms with E-state index in [4.69, 9.17) is 12.2 Å². The number of benzene rings is 1. The van der Waals surface area contributed by atoms with E-state index in [1.165, 1.54) is 17.2 Å². The smallest absolute Gasteiger partial charge is 0.270 e. The van der Waals surface area contributed by atoms with Gasteiger partial charge in [-0.05, 0) is 36.5 Å². The van der Waals surface area contributed by atoms with E-state index in [1.807, 2.05) is 0 Å². The maximum absolute atomic E-state index is 14.4. The molecule has 0 bridgehead atoms. The lowest BCUT2D eigenvalue weighted by molar-refractivity contribution is 0.110. The highest BCUT2D eigenvalue weighted by atomic mass is 32.1. The number of anilines is 2. The van der Waals surface area contributed by atoms with Gasteiger partial charge in [-0.25, -0.2) is 31.5 Å². The highest BCUT2D eigenvalue weighted by molar-refractivity contribution is 7.80. The first-order valence-electron chi connectivity index (χ1n) is 9.98. The fraction of sp³-hybridized carbons (Fsp3) is 0.350. The van der Waals surface area contributed by atoms with E-state index >= 15 is 0 Å². The van der Waals surface area contributed by atoms with E-state index in [1.54, 1.807) is 0 Å². The first kappa shape index (κ1) is 21.7. The third-order valence-electron chi connectivity index (χ3n) is 5.66. The summed E-state index contributed by atoms with van der Waals surface area (Å²) in [4.78, 5) is 5.78. The van der Waals surface area contributed by atoms with Crippen LogP contribution < -0.4 is 15.5 Å². The average molecular weight is 486 g/mol. The maximum atomic E-state index is 14.4. The standard InChI is InChI=1S/C20H16F6N6S/c21-9-1-2-12(23)11(5-9)13-6-10(22)8-31(13)15-3-4-32-18(28-15)16(17(24)30-32)29-19(33)27-14-7-20(14,25)26/h1-5,10,13-14H,6-8H2,(H2,27,29,33)/t10-,13-,14?/m1/s1. The lowest BCUT2D eigenvalue weighted by atomic mass is 10.0. The molecule has 2 fully saturated rings. The highest BCUT2D eigenvalue weighted by Crippen LogP contribution is 2.42. The van der Waals surface area contributed by atoms with Gasteiger partial charge in [-0.15, -0.1) is 5.10 Å². The van der Waals surface area contributed by atoms with Gasteiger partial charge in [0.05, 0.1) is 18.6 Å². The van der Waals surface area contributed by atoms with Crippen molar-refractivity contribution < 1.29 is 26.3 Å². The van der Waals surface area contributed by atoms with Gasteiger partial charge in [-0.2, -0.15) is 4.39 Å². The molecular formula is C20H16F6N6S. The Kier molecular flexibility index (Phi) is 5.10. The largest absolute Gasteiger partial charge is 0.353 e. The first-order valence-corrected chi connectivity index (χ1v) is 10.4. The third-order valence-corrected chi connectivity index (χ3v) is 5.88. The molecule has 1 saturated carbocycles. The Morgan fingerprint density at radius 2 is 1.94 bits per heavy atom. The predicted molar refractivity (Wildman–Crippen MR) is 112 cm³/mol. The normalized spacial score (nSPS) is 23.7. The molecule has 0 radical (unpaired) electrons. The first-order chi connectivity index (χ1) is 15.6. The van der Waals surface area contributed by atoms with E-state index in [-0.39, 0.29) is 47.2 Å². The summed E-state index contributed by atoms with van der Waals surface area (Å²) in [6.07, 6.45) is -0.435. The summed E-state index contributed by atoms with van der Waals surface area (Å²) in [7, 11) is 0. The SMILES string of the molecule is Fc1ccc(F)c([C@H]2C[C@@H](F)CN2c2ccn3nc(F)c(NC(=S)NC4CC4(F)F)c3n2)c1. The Morgan fingerprint density at radius 1 is 1.18 bits per heavy atom. The summed E-state index contributed by atoms with van der Waals surface area (Å²) in [6, 6.07) is 2.40. The van der Waals surface area contributed by atoms with Crippen molar-refractivity contribution in [2.75, 3.05) is 16.8 Å². The number of hydrogen-bond acceptors (Lipinski definition) is 4. The van der Waals surface area contributed by atoms with Gasteiger partial charge >= 0.3 is 0 Å². The Bertz CT molecular complexity index is 1250. The highest BCUT2D eigenvalue weighted by Gasteiger charge is 2.57. The number of nitrogens with one attached hydrogen (secondary N) is 2. The number of hydrogen-bond donors (Lipinski definition) is 2. The molecule has 3 atom stereocenters. The minimum absolute atomic E-state index is 0.0226. The summed E-state index contributed by atoms with van der Waals surface area (Å²) in [5, 5.41) is 8.31. The Hall–Kier alpha value is -3.09. The van der Waals surface area contributed by atoms with Gasteiger partial charge in [0.15, 0.2) is 10.8 Å². The van der Waals surface area contributed by atoms with Crippen LogP contribution in [0.25, 0.3) is 5.65 Å². The Morgan fingerprint density at radius 3 is 2.67 bits per heavy atom. The number of fused-ring (bicyclic) bond motifs is 1. The van der Waals surface area contributed by atoms with Gasteiger partial charge < -0.3 is 15.5 Å². The van der Waals surface area contributed by atoms with Crippen LogP contribution in [0.4, 0.5) is 37.8 Å². The molecule has 174 valence electrons. The topological polar surface area (TPSA) is 57.5 Å².